The molecule has 1 amide bonds. The van der Waals surface area contributed by atoms with Crippen molar-refractivity contribution in [2.75, 3.05) is 13.1 Å². The third-order valence-corrected chi connectivity index (χ3v) is 4.77. The van der Waals surface area contributed by atoms with E-state index in [4.69, 9.17) is 0 Å². The van der Waals surface area contributed by atoms with Crippen LogP contribution in [0.3, 0.4) is 0 Å². The quantitative estimate of drug-likeness (QED) is 0.836. The van der Waals surface area contributed by atoms with Crippen molar-refractivity contribution < 1.29 is 14.7 Å². The van der Waals surface area contributed by atoms with Crippen LogP contribution in [0.2, 0.25) is 0 Å². The average Bonchev–Trinajstić information content (AvgIpc) is 2.67. The molecule has 0 aromatic rings. The van der Waals surface area contributed by atoms with Crippen molar-refractivity contribution >= 4 is 11.9 Å². The average molecular weight is 253 g/mol. The highest BCUT2D eigenvalue weighted by atomic mass is 16.4. The van der Waals surface area contributed by atoms with E-state index in [-0.39, 0.29) is 11.3 Å². The maximum Gasteiger partial charge on any atom is 0.311 e. The third kappa shape index (κ3) is 2.02. The Morgan fingerprint density at radius 2 is 1.94 bits per heavy atom. The van der Waals surface area contributed by atoms with E-state index in [9.17, 15) is 14.7 Å². The maximum absolute atomic E-state index is 12.6. The van der Waals surface area contributed by atoms with Gasteiger partial charge in [-0.3, -0.25) is 9.59 Å². The molecule has 18 heavy (non-hydrogen) atoms. The second-order valence-corrected chi connectivity index (χ2v) is 6.23. The Kier molecular flexibility index (Phi) is 3.39. The van der Waals surface area contributed by atoms with E-state index >= 15 is 0 Å². The van der Waals surface area contributed by atoms with Crippen molar-refractivity contribution in [1.82, 2.24) is 4.90 Å². The van der Waals surface area contributed by atoms with Gasteiger partial charge in [-0.1, -0.05) is 19.8 Å². The van der Waals surface area contributed by atoms with Crippen LogP contribution in [-0.4, -0.2) is 35.0 Å². The first-order valence-corrected chi connectivity index (χ1v) is 6.96. The number of hydrogen-bond acceptors (Lipinski definition) is 2. The summed E-state index contributed by atoms with van der Waals surface area (Å²) in [5.41, 5.74) is -0.898. The number of likely N-dealkylation sites (tertiary alicyclic amines) is 1. The van der Waals surface area contributed by atoms with Gasteiger partial charge in [-0.25, -0.2) is 0 Å². The van der Waals surface area contributed by atoms with E-state index in [1.807, 2.05) is 0 Å². The van der Waals surface area contributed by atoms with Crippen molar-refractivity contribution in [3.8, 4) is 0 Å². The van der Waals surface area contributed by atoms with Crippen molar-refractivity contribution in [3.63, 3.8) is 0 Å². The lowest BCUT2D eigenvalue weighted by Gasteiger charge is -2.43. The van der Waals surface area contributed by atoms with E-state index in [2.05, 4.69) is 6.92 Å². The van der Waals surface area contributed by atoms with Gasteiger partial charge < -0.3 is 10.0 Å². The summed E-state index contributed by atoms with van der Waals surface area (Å²) in [6.45, 7) is 4.84. The number of carboxylic acids is 1. The Hall–Kier alpha value is -1.06. The molecule has 1 heterocycles. The minimum Gasteiger partial charge on any atom is -0.481 e. The second kappa shape index (κ2) is 4.56. The Bertz CT molecular complexity index is 362. The maximum atomic E-state index is 12.6. The number of amides is 1. The van der Waals surface area contributed by atoms with Gasteiger partial charge in [0.05, 0.1) is 5.41 Å². The van der Waals surface area contributed by atoms with Gasteiger partial charge in [-0.05, 0) is 32.6 Å². The molecule has 0 spiro atoms. The summed E-state index contributed by atoms with van der Waals surface area (Å²) in [5, 5.41) is 9.21. The van der Waals surface area contributed by atoms with Gasteiger partial charge in [0.15, 0.2) is 0 Å². The molecule has 2 rings (SSSR count). The van der Waals surface area contributed by atoms with Crippen LogP contribution in [0.15, 0.2) is 0 Å². The zero-order chi connectivity index (χ0) is 13.4. The number of rotatable bonds is 4. The number of carbonyl (C=O) groups excluding carboxylic acids is 1. The molecule has 1 aliphatic heterocycles. The second-order valence-electron chi connectivity index (χ2n) is 6.23. The Morgan fingerprint density at radius 1 is 1.28 bits per heavy atom. The Morgan fingerprint density at radius 3 is 2.33 bits per heavy atom. The monoisotopic (exact) mass is 253 g/mol. The van der Waals surface area contributed by atoms with E-state index in [1.54, 1.807) is 11.8 Å². The molecule has 1 atom stereocenters. The normalized spacial score (nSPS) is 30.0. The number of carboxylic acid groups (broad SMARTS) is 1. The highest BCUT2D eigenvalue weighted by molar-refractivity contribution is 5.85. The number of carbonyl (C=O) groups is 2. The fraction of sp³-hybridized carbons (Fsp3) is 0.857. The lowest BCUT2D eigenvalue weighted by atomic mass is 9.65. The minimum absolute atomic E-state index is 0.154. The first kappa shape index (κ1) is 13.4. The van der Waals surface area contributed by atoms with Crippen LogP contribution in [0, 0.1) is 10.8 Å². The summed E-state index contributed by atoms with van der Waals surface area (Å²) >= 11 is 0. The summed E-state index contributed by atoms with van der Waals surface area (Å²) in [6, 6.07) is 0. The van der Waals surface area contributed by atoms with Gasteiger partial charge in [0.2, 0.25) is 5.91 Å². The third-order valence-electron chi connectivity index (χ3n) is 4.77. The van der Waals surface area contributed by atoms with Gasteiger partial charge in [-0.2, -0.15) is 0 Å². The molecule has 4 nitrogen and oxygen atoms in total. The molecule has 1 saturated heterocycles. The predicted molar refractivity (Wildman–Crippen MR) is 68.1 cm³/mol. The van der Waals surface area contributed by atoms with Crippen LogP contribution >= 0.6 is 0 Å². The van der Waals surface area contributed by atoms with Crippen LogP contribution in [0.25, 0.3) is 0 Å². The molecular formula is C14H23NO3. The van der Waals surface area contributed by atoms with E-state index in [0.29, 0.717) is 19.5 Å². The molecule has 4 heteroatoms. The zero-order valence-electron chi connectivity index (χ0n) is 11.4. The first-order valence-electron chi connectivity index (χ1n) is 6.96. The Balaban J connectivity index is 2.05. The molecule has 102 valence electrons. The predicted octanol–water partition coefficient (Wildman–Crippen LogP) is 2.28. The molecule has 1 N–H and O–H groups in total. The summed E-state index contributed by atoms with van der Waals surface area (Å²) in [7, 11) is 0. The van der Waals surface area contributed by atoms with Crippen LogP contribution in [-0.2, 0) is 9.59 Å². The molecule has 2 aliphatic rings. The summed E-state index contributed by atoms with van der Waals surface area (Å²) in [4.78, 5) is 25.6. The highest BCUT2D eigenvalue weighted by Gasteiger charge is 2.49. The molecule has 2 fully saturated rings. The number of hydrogen-bond donors (Lipinski definition) is 1. The van der Waals surface area contributed by atoms with Crippen molar-refractivity contribution in [2.24, 2.45) is 10.8 Å². The molecular weight excluding hydrogens is 230 g/mol. The van der Waals surface area contributed by atoms with Crippen LogP contribution in [0.1, 0.15) is 52.4 Å². The summed E-state index contributed by atoms with van der Waals surface area (Å²) in [6.07, 6.45) is 5.66. The van der Waals surface area contributed by atoms with Crippen molar-refractivity contribution in [3.05, 3.63) is 0 Å². The van der Waals surface area contributed by atoms with Crippen molar-refractivity contribution in [2.45, 2.75) is 52.4 Å². The van der Waals surface area contributed by atoms with Crippen molar-refractivity contribution in [1.29, 1.82) is 0 Å². The lowest BCUT2D eigenvalue weighted by molar-refractivity contribution is -0.150. The number of nitrogens with zero attached hydrogens (tertiary/aromatic N) is 1. The zero-order valence-corrected chi connectivity index (χ0v) is 11.4. The van der Waals surface area contributed by atoms with E-state index < -0.39 is 11.4 Å². The lowest BCUT2D eigenvalue weighted by Crippen LogP contribution is -2.48. The molecule has 1 unspecified atom stereocenters. The summed E-state index contributed by atoms with van der Waals surface area (Å²) < 4.78 is 0. The first-order chi connectivity index (χ1) is 8.43. The molecule has 1 aliphatic carbocycles. The van der Waals surface area contributed by atoms with Gasteiger partial charge >= 0.3 is 5.97 Å². The van der Waals surface area contributed by atoms with Gasteiger partial charge in [-0.15, -0.1) is 0 Å². The number of aliphatic carboxylic acids is 1. The van der Waals surface area contributed by atoms with Crippen LogP contribution in [0.4, 0.5) is 0 Å². The molecule has 0 aromatic heterocycles. The SMILES string of the molecule is CCCC1(C(=O)N2CCC(C)(C(=O)O)C2)CCC1. The van der Waals surface area contributed by atoms with Gasteiger partial charge in [0.1, 0.15) is 0 Å². The Labute approximate surface area is 108 Å². The smallest absolute Gasteiger partial charge is 0.311 e. The highest BCUT2D eigenvalue weighted by Crippen LogP contribution is 2.47. The standard InChI is InChI=1S/C14H23NO3/c1-3-5-14(6-4-7-14)11(16)15-9-8-13(2,10-15)12(17)18/h3-10H2,1-2H3,(H,17,18). The van der Waals surface area contributed by atoms with E-state index in [0.717, 1.165) is 32.1 Å². The van der Waals surface area contributed by atoms with E-state index in [1.165, 1.54) is 0 Å². The topological polar surface area (TPSA) is 57.6 Å². The molecule has 0 radical (unpaired) electrons. The fourth-order valence-electron chi connectivity index (χ4n) is 3.30. The van der Waals surface area contributed by atoms with Gasteiger partial charge in [0, 0.05) is 18.5 Å². The molecule has 1 saturated carbocycles. The summed E-state index contributed by atoms with van der Waals surface area (Å²) in [5.74, 6) is -0.573. The molecule has 0 bridgehead atoms. The minimum atomic E-state index is -0.782. The molecule has 0 aromatic carbocycles. The fourth-order valence-corrected chi connectivity index (χ4v) is 3.30. The largest absolute Gasteiger partial charge is 0.481 e. The van der Waals surface area contributed by atoms with Gasteiger partial charge in [0.25, 0.3) is 0 Å². The van der Waals surface area contributed by atoms with Crippen LogP contribution in [0.5, 0.6) is 0 Å². The van der Waals surface area contributed by atoms with Crippen LogP contribution < -0.4 is 0 Å².